The third-order valence-electron chi connectivity index (χ3n) is 4.00. The van der Waals surface area contributed by atoms with Crippen molar-refractivity contribution in [2.75, 3.05) is 18.5 Å². The lowest BCUT2D eigenvalue weighted by molar-refractivity contribution is -0.118. The summed E-state index contributed by atoms with van der Waals surface area (Å²) < 4.78 is 11.3. The van der Waals surface area contributed by atoms with Crippen molar-refractivity contribution in [1.29, 1.82) is 0 Å². The lowest BCUT2D eigenvalue weighted by Gasteiger charge is -2.11. The SMILES string of the molecule is CC(C)CCOc1cccc(NC(=O)COc2ccc(C(C)C)cc2)c1. The second-order valence-electron chi connectivity index (χ2n) is 7.12. The van der Waals surface area contributed by atoms with Crippen LogP contribution < -0.4 is 14.8 Å². The van der Waals surface area contributed by atoms with Gasteiger partial charge in [0, 0.05) is 11.8 Å². The van der Waals surface area contributed by atoms with Gasteiger partial charge in [0.05, 0.1) is 6.61 Å². The summed E-state index contributed by atoms with van der Waals surface area (Å²) in [6.45, 7) is 9.25. The highest BCUT2D eigenvalue weighted by atomic mass is 16.5. The number of amides is 1. The predicted molar refractivity (Wildman–Crippen MR) is 106 cm³/mol. The van der Waals surface area contributed by atoms with Gasteiger partial charge in [0.25, 0.3) is 5.91 Å². The van der Waals surface area contributed by atoms with E-state index in [4.69, 9.17) is 9.47 Å². The molecule has 4 heteroatoms. The zero-order valence-electron chi connectivity index (χ0n) is 16.1. The minimum Gasteiger partial charge on any atom is -0.494 e. The maximum Gasteiger partial charge on any atom is 0.262 e. The van der Waals surface area contributed by atoms with Crippen LogP contribution in [0.1, 0.15) is 45.6 Å². The van der Waals surface area contributed by atoms with Crippen molar-refractivity contribution in [3.05, 3.63) is 54.1 Å². The number of nitrogens with one attached hydrogen (secondary N) is 1. The molecule has 2 aromatic rings. The molecule has 1 N–H and O–H groups in total. The maximum atomic E-state index is 12.1. The second-order valence-corrected chi connectivity index (χ2v) is 7.12. The number of rotatable bonds is 9. The Kier molecular flexibility index (Phi) is 7.52. The standard InChI is InChI=1S/C22H29NO3/c1-16(2)12-13-25-21-7-5-6-19(14-21)23-22(24)15-26-20-10-8-18(9-11-20)17(3)4/h5-11,14,16-17H,12-13,15H2,1-4H3,(H,23,24). The van der Waals surface area contributed by atoms with E-state index in [1.165, 1.54) is 5.56 Å². The van der Waals surface area contributed by atoms with Crippen molar-refractivity contribution in [2.45, 2.75) is 40.0 Å². The van der Waals surface area contributed by atoms with E-state index < -0.39 is 0 Å². The van der Waals surface area contributed by atoms with Gasteiger partial charge in [-0.2, -0.15) is 0 Å². The topological polar surface area (TPSA) is 47.6 Å². The van der Waals surface area contributed by atoms with E-state index in [1.807, 2.05) is 48.5 Å². The molecule has 0 saturated heterocycles. The maximum absolute atomic E-state index is 12.1. The Bertz CT molecular complexity index is 693. The summed E-state index contributed by atoms with van der Waals surface area (Å²) in [5.74, 6) is 2.33. The number of carbonyl (C=O) groups is 1. The van der Waals surface area contributed by atoms with Gasteiger partial charge >= 0.3 is 0 Å². The molecule has 26 heavy (non-hydrogen) atoms. The zero-order valence-corrected chi connectivity index (χ0v) is 16.1. The van der Waals surface area contributed by atoms with Crippen molar-refractivity contribution < 1.29 is 14.3 Å². The lowest BCUT2D eigenvalue weighted by atomic mass is 10.0. The van der Waals surface area contributed by atoms with Crippen molar-refractivity contribution >= 4 is 11.6 Å². The highest BCUT2D eigenvalue weighted by molar-refractivity contribution is 5.92. The van der Waals surface area contributed by atoms with Crippen LogP contribution in [0.15, 0.2) is 48.5 Å². The number of hydrogen-bond donors (Lipinski definition) is 1. The first-order valence-corrected chi connectivity index (χ1v) is 9.19. The van der Waals surface area contributed by atoms with Gasteiger partial charge < -0.3 is 14.8 Å². The van der Waals surface area contributed by atoms with Crippen LogP contribution in [-0.4, -0.2) is 19.1 Å². The molecule has 2 aromatic carbocycles. The molecule has 0 aliphatic rings. The summed E-state index contributed by atoms with van der Waals surface area (Å²) in [6, 6.07) is 15.3. The molecule has 0 bridgehead atoms. The summed E-state index contributed by atoms with van der Waals surface area (Å²) in [5, 5.41) is 2.84. The van der Waals surface area contributed by atoms with Gasteiger partial charge in [-0.1, -0.05) is 45.9 Å². The van der Waals surface area contributed by atoms with Gasteiger partial charge in [-0.25, -0.2) is 0 Å². The molecule has 0 aliphatic heterocycles. The molecule has 0 saturated carbocycles. The fraction of sp³-hybridized carbons (Fsp3) is 0.409. The Morgan fingerprint density at radius 2 is 1.69 bits per heavy atom. The molecule has 4 nitrogen and oxygen atoms in total. The minimum absolute atomic E-state index is 0.0283. The Morgan fingerprint density at radius 3 is 2.35 bits per heavy atom. The van der Waals surface area contributed by atoms with Crippen LogP contribution in [0.5, 0.6) is 11.5 Å². The van der Waals surface area contributed by atoms with Gasteiger partial charge in [-0.05, 0) is 48.1 Å². The molecule has 0 aliphatic carbocycles. The number of benzene rings is 2. The first-order valence-electron chi connectivity index (χ1n) is 9.19. The summed E-state index contributed by atoms with van der Waals surface area (Å²) in [5.41, 5.74) is 1.95. The van der Waals surface area contributed by atoms with Gasteiger partial charge in [-0.3, -0.25) is 4.79 Å². The molecule has 140 valence electrons. The molecule has 2 rings (SSSR count). The average Bonchev–Trinajstić information content (AvgIpc) is 2.60. The largest absolute Gasteiger partial charge is 0.494 e. The number of carbonyl (C=O) groups excluding carboxylic acids is 1. The quantitative estimate of drug-likeness (QED) is 0.668. The van der Waals surface area contributed by atoms with Crippen LogP contribution in [0.25, 0.3) is 0 Å². The van der Waals surface area contributed by atoms with Crippen LogP contribution in [0, 0.1) is 5.92 Å². The normalized spacial score (nSPS) is 10.8. The summed E-state index contributed by atoms with van der Waals surface area (Å²) in [4.78, 5) is 12.1. The smallest absolute Gasteiger partial charge is 0.262 e. The monoisotopic (exact) mass is 355 g/mol. The number of ether oxygens (including phenoxy) is 2. The van der Waals surface area contributed by atoms with Crippen LogP contribution in [0.3, 0.4) is 0 Å². The van der Waals surface area contributed by atoms with Crippen LogP contribution in [-0.2, 0) is 4.79 Å². The van der Waals surface area contributed by atoms with Gasteiger partial charge in [0.15, 0.2) is 6.61 Å². The van der Waals surface area contributed by atoms with Crippen molar-refractivity contribution in [2.24, 2.45) is 5.92 Å². The highest BCUT2D eigenvalue weighted by Crippen LogP contribution is 2.20. The van der Waals surface area contributed by atoms with Crippen LogP contribution in [0.4, 0.5) is 5.69 Å². The zero-order chi connectivity index (χ0) is 18.9. The van der Waals surface area contributed by atoms with Gasteiger partial charge in [0.2, 0.25) is 0 Å². The first kappa shape index (κ1) is 19.8. The number of hydrogen-bond acceptors (Lipinski definition) is 3. The van der Waals surface area contributed by atoms with E-state index in [1.54, 1.807) is 0 Å². The van der Waals surface area contributed by atoms with E-state index in [9.17, 15) is 4.79 Å². The molecule has 0 aromatic heterocycles. The third kappa shape index (κ3) is 6.79. The third-order valence-corrected chi connectivity index (χ3v) is 4.00. The summed E-state index contributed by atoms with van der Waals surface area (Å²) in [6.07, 6.45) is 1.00. The molecule has 0 heterocycles. The molecular formula is C22H29NO3. The first-order chi connectivity index (χ1) is 12.4. The Balaban J connectivity index is 1.81. The Hall–Kier alpha value is -2.49. The van der Waals surface area contributed by atoms with E-state index in [0.29, 0.717) is 29.9 Å². The highest BCUT2D eigenvalue weighted by Gasteiger charge is 2.06. The average molecular weight is 355 g/mol. The number of anilines is 1. The minimum atomic E-state index is -0.197. The van der Waals surface area contributed by atoms with Crippen molar-refractivity contribution in [3.63, 3.8) is 0 Å². The fourth-order valence-electron chi connectivity index (χ4n) is 2.37. The van der Waals surface area contributed by atoms with Gasteiger partial charge in [0.1, 0.15) is 11.5 Å². The van der Waals surface area contributed by atoms with Crippen molar-refractivity contribution in [3.8, 4) is 11.5 Å². The Morgan fingerprint density at radius 1 is 0.962 bits per heavy atom. The van der Waals surface area contributed by atoms with E-state index in [2.05, 4.69) is 33.0 Å². The molecule has 1 amide bonds. The van der Waals surface area contributed by atoms with E-state index in [-0.39, 0.29) is 12.5 Å². The van der Waals surface area contributed by atoms with Gasteiger partial charge in [-0.15, -0.1) is 0 Å². The molecule has 0 unspecified atom stereocenters. The van der Waals surface area contributed by atoms with Crippen molar-refractivity contribution in [1.82, 2.24) is 0 Å². The predicted octanol–water partition coefficient (Wildman–Crippen LogP) is 5.25. The second kappa shape index (κ2) is 9.85. The summed E-state index contributed by atoms with van der Waals surface area (Å²) in [7, 11) is 0. The Labute approximate surface area is 156 Å². The molecular weight excluding hydrogens is 326 g/mol. The molecule has 0 spiro atoms. The van der Waals surface area contributed by atoms with E-state index >= 15 is 0 Å². The van der Waals surface area contributed by atoms with E-state index in [0.717, 1.165) is 12.2 Å². The van der Waals surface area contributed by atoms with Crippen LogP contribution >= 0.6 is 0 Å². The fourth-order valence-corrected chi connectivity index (χ4v) is 2.37. The molecule has 0 fully saturated rings. The summed E-state index contributed by atoms with van der Waals surface area (Å²) >= 11 is 0. The van der Waals surface area contributed by atoms with Crippen LogP contribution in [0.2, 0.25) is 0 Å². The molecule has 0 radical (unpaired) electrons. The molecule has 0 atom stereocenters. The lowest BCUT2D eigenvalue weighted by Crippen LogP contribution is -2.20.